The van der Waals surface area contributed by atoms with Crippen LogP contribution in [0.1, 0.15) is 47.0 Å². The fraction of sp³-hybridized carbons (Fsp3) is 1.00. The van der Waals surface area contributed by atoms with Crippen molar-refractivity contribution in [2.24, 2.45) is 23.0 Å². The molecule has 0 radical (unpaired) electrons. The summed E-state index contributed by atoms with van der Waals surface area (Å²) in [4.78, 5) is 0. The van der Waals surface area contributed by atoms with Crippen LogP contribution in [0.2, 0.25) is 0 Å². The van der Waals surface area contributed by atoms with Crippen molar-refractivity contribution < 1.29 is 0 Å². The predicted octanol–water partition coefficient (Wildman–Crippen LogP) is 2.80. The Morgan fingerprint density at radius 3 is 1.67 bits per heavy atom. The first-order valence-electron chi connectivity index (χ1n) is 5.26. The van der Waals surface area contributed by atoms with Crippen LogP contribution in [0.5, 0.6) is 0 Å². The molecule has 0 amide bonds. The van der Waals surface area contributed by atoms with E-state index in [1.807, 2.05) is 0 Å². The summed E-state index contributed by atoms with van der Waals surface area (Å²) in [7, 11) is 0. The quantitative estimate of drug-likeness (QED) is 0.690. The average Bonchev–Trinajstić information content (AvgIpc) is 1.83. The summed E-state index contributed by atoms with van der Waals surface area (Å²) in [5.41, 5.74) is 6.55. The van der Waals surface area contributed by atoms with Crippen LogP contribution in [0.25, 0.3) is 0 Å². The van der Waals surface area contributed by atoms with Crippen LogP contribution in [0.4, 0.5) is 0 Å². The zero-order chi connectivity index (χ0) is 9.35. The Kier molecular flexibility index (Phi) is 2.82. The van der Waals surface area contributed by atoms with Crippen molar-refractivity contribution >= 4 is 0 Å². The van der Waals surface area contributed by atoms with Crippen molar-refractivity contribution in [3.05, 3.63) is 0 Å². The molecule has 1 fully saturated rings. The van der Waals surface area contributed by atoms with Gasteiger partial charge in [-0.3, -0.25) is 0 Å². The van der Waals surface area contributed by atoms with Crippen LogP contribution in [0.15, 0.2) is 0 Å². The molecule has 1 aliphatic carbocycles. The van der Waals surface area contributed by atoms with E-state index >= 15 is 0 Å². The van der Waals surface area contributed by atoms with E-state index < -0.39 is 0 Å². The highest BCUT2D eigenvalue weighted by Gasteiger charge is 2.45. The maximum absolute atomic E-state index is 6.07. The Morgan fingerprint density at radius 2 is 1.58 bits per heavy atom. The summed E-state index contributed by atoms with van der Waals surface area (Å²) in [6.07, 6.45) is 4.09. The Balaban J connectivity index is 2.66. The van der Waals surface area contributed by atoms with E-state index in [2.05, 4.69) is 27.7 Å². The first-order valence-corrected chi connectivity index (χ1v) is 5.26. The fourth-order valence-electron chi connectivity index (χ4n) is 2.57. The maximum atomic E-state index is 6.07. The van der Waals surface area contributed by atoms with Crippen molar-refractivity contribution in [2.45, 2.75) is 53.0 Å². The zero-order valence-corrected chi connectivity index (χ0v) is 8.93. The highest BCUT2D eigenvalue weighted by Crippen LogP contribution is 2.51. The minimum absolute atomic E-state index is 0.378. The van der Waals surface area contributed by atoms with Crippen LogP contribution in [0, 0.1) is 17.3 Å². The van der Waals surface area contributed by atoms with E-state index in [0.717, 1.165) is 11.8 Å². The summed E-state index contributed by atoms with van der Waals surface area (Å²) in [6, 6.07) is 0.378. The average molecular weight is 169 g/mol. The molecule has 0 heterocycles. The minimum Gasteiger partial charge on any atom is -0.327 e. The van der Waals surface area contributed by atoms with Crippen molar-refractivity contribution in [1.29, 1.82) is 0 Å². The van der Waals surface area contributed by atoms with Crippen LogP contribution >= 0.6 is 0 Å². The fourth-order valence-corrected chi connectivity index (χ4v) is 2.57. The third-order valence-electron chi connectivity index (χ3n) is 4.10. The lowest BCUT2D eigenvalue weighted by Crippen LogP contribution is -2.50. The largest absolute Gasteiger partial charge is 0.327 e. The second-order valence-electron chi connectivity index (χ2n) is 4.91. The van der Waals surface area contributed by atoms with Gasteiger partial charge < -0.3 is 5.73 Å². The van der Waals surface area contributed by atoms with Gasteiger partial charge in [-0.25, -0.2) is 0 Å². The molecule has 2 N–H and O–H groups in total. The van der Waals surface area contributed by atoms with E-state index in [4.69, 9.17) is 5.73 Å². The second-order valence-corrected chi connectivity index (χ2v) is 4.91. The highest BCUT2D eigenvalue weighted by atomic mass is 14.7. The molecule has 0 spiro atoms. The van der Waals surface area contributed by atoms with Crippen molar-refractivity contribution in [2.75, 3.05) is 0 Å². The van der Waals surface area contributed by atoms with Crippen LogP contribution in [0.3, 0.4) is 0 Å². The van der Waals surface area contributed by atoms with Crippen LogP contribution in [-0.4, -0.2) is 6.04 Å². The topological polar surface area (TPSA) is 26.0 Å². The molecule has 12 heavy (non-hydrogen) atoms. The molecule has 2 unspecified atom stereocenters. The van der Waals surface area contributed by atoms with Gasteiger partial charge in [-0.1, -0.05) is 27.2 Å². The molecule has 0 saturated heterocycles. The molecule has 1 heteroatoms. The van der Waals surface area contributed by atoms with Gasteiger partial charge in [0.05, 0.1) is 0 Å². The number of rotatable bonds is 3. The van der Waals surface area contributed by atoms with Gasteiger partial charge in [-0.15, -0.1) is 0 Å². The highest BCUT2D eigenvalue weighted by molar-refractivity contribution is 4.98. The lowest BCUT2D eigenvalue weighted by atomic mass is 9.55. The summed E-state index contributed by atoms with van der Waals surface area (Å²) in [5.74, 6) is 1.56. The third-order valence-corrected chi connectivity index (χ3v) is 4.10. The van der Waals surface area contributed by atoms with Gasteiger partial charge in [-0.05, 0) is 37.0 Å². The molecule has 0 aliphatic heterocycles. The van der Waals surface area contributed by atoms with E-state index in [0.29, 0.717) is 11.5 Å². The van der Waals surface area contributed by atoms with Crippen LogP contribution < -0.4 is 5.73 Å². The van der Waals surface area contributed by atoms with Gasteiger partial charge in [0.25, 0.3) is 0 Å². The Bertz CT molecular complexity index is 145. The predicted molar refractivity (Wildman–Crippen MR) is 53.9 cm³/mol. The van der Waals surface area contributed by atoms with Gasteiger partial charge >= 0.3 is 0 Å². The molecular formula is C11H23N. The Morgan fingerprint density at radius 1 is 1.08 bits per heavy atom. The first kappa shape index (κ1) is 10.0. The molecule has 0 aromatic carbocycles. The standard InChI is InChI=1S/C11H23N/c1-8(2)9(3)11(10(4)12)6-5-7-11/h8-10H,5-7,12H2,1-4H3. The first-order chi connectivity index (χ1) is 5.50. The third kappa shape index (κ3) is 1.39. The van der Waals surface area contributed by atoms with Gasteiger partial charge in [0.1, 0.15) is 0 Å². The Labute approximate surface area is 76.7 Å². The number of nitrogens with two attached hydrogens (primary N) is 1. The molecule has 0 bridgehead atoms. The molecule has 2 atom stereocenters. The van der Waals surface area contributed by atoms with Crippen LogP contribution in [-0.2, 0) is 0 Å². The van der Waals surface area contributed by atoms with Gasteiger partial charge in [0.15, 0.2) is 0 Å². The summed E-state index contributed by atoms with van der Waals surface area (Å²) >= 11 is 0. The summed E-state index contributed by atoms with van der Waals surface area (Å²) in [5, 5.41) is 0. The van der Waals surface area contributed by atoms with E-state index in [9.17, 15) is 0 Å². The normalized spacial score (nSPS) is 26.5. The smallest absolute Gasteiger partial charge is 0.00696 e. The lowest BCUT2D eigenvalue weighted by Gasteiger charge is -2.51. The Hall–Kier alpha value is -0.0400. The van der Waals surface area contributed by atoms with Gasteiger partial charge in [-0.2, -0.15) is 0 Å². The molecule has 0 aromatic heterocycles. The van der Waals surface area contributed by atoms with E-state index in [-0.39, 0.29) is 0 Å². The molecule has 0 aromatic rings. The summed E-state index contributed by atoms with van der Waals surface area (Å²) in [6.45, 7) is 9.17. The molecular weight excluding hydrogens is 146 g/mol. The number of hydrogen-bond acceptors (Lipinski definition) is 1. The molecule has 1 aliphatic rings. The minimum atomic E-state index is 0.378. The molecule has 1 nitrogen and oxygen atoms in total. The summed E-state index contributed by atoms with van der Waals surface area (Å²) < 4.78 is 0. The molecule has 72 valence electrons. The maximum Gasteiger partial charge on any atom is 0.00696 e. The van der Waals surface area contributed by atoms with Gasteiger partial charge in [0.2, 0.25) is 0 Å². The molecule has 1 rings (SSSR count). The zero-order valence-electron chi connectivity index (χ0n) is 8.93. The van der Waals surface area contributed by atoms with E-state index in [1.54, 1.807) is 0 Å². The monoisotopic (exact) mass is 169 g/mol. The number of hydrogen-bond donors (Lipinski definition) is 1. The van der Waals surface area contributed by atoms with Crippen molar-refractivity contribution in [3.63, 3.8) is 0 Å². The SMILES string of the molecule is CC(C)C(C)C1(C(C)N)CCC1. The second kappa shape index (κ2) is 3.37. The van der Waals surface area contributed by atoms with Crippen molar-refractivity contribution in [1.82, 2.24) is 0 Å². The van der Waals surface area contributed by atoms with Crippen molar-refractivity contribution in [3.8, 4) is 0 Å². The molecule has 1 saturated carbocycles. The lowest BCUT2D eigenvalue weighted by molar-refractivity contribution is 0.00995. The van der Waals surface area contributed by atoms with E-state index in [1.165, 1.54) is 19.3 Å². The van der Waals surface area contributed by atoms with Gasteiger partial charge in [0, 0.05) is 6.04 Å².